The number of hydrogen-bond acceptors (Lipinski definition) is 3. The molecule has 13 aromatic rings. The van der Waals surface area contributed by atoms with Gasteiger partial charge in [-0.15, -0.1) is 0 Å². The normalized spacial score (nSPS) is 13.9. The van der Waals surface area contributed by atoms with Crippen LogP contribution in [-0.2, 0) is 24.8 Å². The van der Waals surface area contributed by atoms with E-state index in [0.717, 1.165) is 55.1 Å². The van der Waals surface area contributed by atoms with Crippen LogP contribution in [0.2, 0.25) is 0 Å². The summed E-state index contributed by atoms with van der Waals surface area (Å²) in [6.45, 7) is 6.51. The van der Waals surface area contributed by atoms with Crippen molar-refractivity contribution in [1.29, 1.82) is 0 Å². The standard InChI is InChI=1S/C64H44N4O2.Pt/c1-64(2,3)45-36-37-65-60(38-45)68-55-30-14-13-24-51(55)52-34-32-46(39-57(52)68)69-47-33-35-59-58(40-47)67-41-66(61-48(42-18-7-4-8-19-42)25-15-26-49(61)43-20-9-5-10-21-43)56-31-17-28-53(62(56)67)54-29-16-27-50(63(54)70-59)44-22-11-6-12-23-44;/h4-38H,1-3H3;/q-2;/i4D,5D,7D,8D,9D,10D,18D,19D,20D,21D;. The second-order valence-electron chi connectivity index (χ2n) is 18.2. The van der Waals surface area contributed by atoms with E-state index in [9.17, 15) is 5.48 Å². The van der Waals surface area contributed by atoms with Crippen molar-refractivity contribution in [2.24, 2.45) is 0 Å². The van der Waals surface area contributed by atoms with E-state index >= 15 is 0 Å². The first-order valence-electron chi connectivity index (χ1n) is 28.0. The van der Waals surface area contributed by atoms with E-state index in [-0.39, 0.29) is 33.4 Å². The van der Waals surface area contributed by atoms with Crippen molar-refractivity contribution < 1.29 is 42.2 Å². The summed E-state index contributed by atoms with van der Waals surface area (Å²) >= 11 is 2.18. The fourth-order valence-electron chi connectivity index (χ4n) is 9.67. The van der Waals surface area contributed by atoms with Gasteiger partial charge in [0.1, 0.15) is 0 Å². The zero-order valence-electron chi connectivity index (χ0n) is 48.4. The van der Waals surface area contributed by atoms with Gasteiger partial charge in [-0.3, -0.25) is 0 Å². The summed E-state index contributed by atoms with van der Waals surface area (Å²) in [5, 5.41) is 3.45. The monoisotopic (exact) mass is 1110 g/mol. The van der Waals surface area contributed by atoms with Gasteiger partial charge in [-0.05, 0) is 17.0 Å². The van der Waals surface area contributed by atoms with E-state index in [2.05, 4.69) is 75.0 Å². The van der Waals surface area contributed by atoms with Gasteiger partial charge in [0.05, 0.1) is 0 Å². The van der Waals surface area contributed by atoms with Gasteiger partial charge in [-0.25, -0.2) is 0 Å². The minimum atomic E-state index is -0.583. The van der Waals surface area contributed by atoms with E-state index in [1.54, 1.807) is 24.3 Å². The summed E-state index contributed by atoms with van der Waals surface area (Å²) in [6, 6.07) is 48.1. The molecule has 0 saturated carbocycles. The quantitative estimate of drug-likeness (QED) is 0.149. The molecule has 13 rings (SSSR count). The van der Waals surface area contributed by atoms with E-state index < -0.39 is 60.4 Å². The number of rotatable bonds is 7. The average molecular weight is 1110 g/mol. The van der Waals surface area contributed by atoms with Crippen molar-refractivity contribution >= 4 is 60.3 Å². The summed E-state index contributed by atoms with van der Waals surface area (Å²) < 4.78 is 110. The maximum absolute atomic E-state index is 9.30. The molecule has 4 aromatic heterocycles. The van der Waals surface area contributed by atoms with Crippen LogP contribution in [0, 0.1) is 15.9 Å². The second kappa shape index (κ2) is 17.0. The number of fused-ring (bicyclic) bond motifs is 7. The molecule has 0 fully saturated rings. The van der Waals surface area contributed by atoms with Gasteiger partial charge in [-0.1, -0.05) is 32.9 Å². The topological polar surface area (TPSA) is 49.5 Å². The van der Waals surface area contributed by atoms with Gasteiger partial charge in [-0.2, -0.15) is 0 Å². The number of nitrogens with zero attached hydrogens (tertiary/aromatic N) is 4. The molecule has 9 aromatic carbocycles. The Balaban J connectivity index is 1.14. The Bertz CT molecular complexity index is 4800. The molecule has 0 aliphatic carbocycles. The number of para-hydroxylation sites is 4. The van der Waals surface area contributed by atoms with Crippen LogP contribution in [0.5, 0.6) is 11.5 Å². The Morgan fingerprint density at radius 3 is 1.93 bits per heavy atom. The van der Waals surface area contributed by atoms with Crippen LogP contribution >= 0.6 is 0 Å². The van der Waals surface area contributed by atoms with Crippen LogP contribution in [0.3, 0.4) is 0 Å². The van der Waals surface area contributed by atoms with Crippen LogP contribution in [-0.4, -0.2) is 18.5 Å². The second-order valence-corrected chi connectivity index (χ2v) is 19.2. The molecule has 0 aliphatic heterocycles. The molecule has 0 N–H and O–H groups in total. The molecule has 6 nitrogen and oxygen atoms in total. The Hall–Kier alpha value is -8.31. The zero-order valence-corrected chi connectivity index (χ0v) is 40.6. The predicted octanol–water partition coefficient (Wildman–Crippen LogP) is 16.6. The zero-order chi connectivity index (χ0) is 56.5. The van der Waals surface area contributed by atoms with Crippen molar-refractivity contribution in [3.05, 3.63) is 234 Å². The fraction of sp³-hybridized carbons (Fsp3) is 0.0625. The molecular weight excluding hydrogens is 1050 g/mol. The molecule has 0 atom stereocenters. The molecule has 7 heteroatoms. The van der Waals surface area contributed by atoms with Gasteiger partial charge in [0.25, 0.3) is 0 Å². The van der Waals surface area contributed by atoms with Crippen molar-refractivity contribution in [2.45, 2.75) is 26.2 Å². The SMILES string of the molecule is [2H]c1c([2H])c([2H])c(-c2cccc(-c3c([2H])c([2H])c([2H])c([2H])c3[2H])c2-n2[c](=[Pt])n3c4[c-]c(Oc5[c-]c6c(cc5)c5ccccc5n6-c5cc(C(C)(C)C)ccn5)ccc4oc4c(-c5ccccc5)cccc4c4cccc2c43)c([2H])c1[2H]. The van der Waals surface area contributed by atoms with Crippen LogP contribution in [0.25, 0.3) is 105 Å². The first-order valence-corrected chi connectivity index (χ1v) is 24.1. The number of pyridine rings is 1. The molecule has 0 aliphatic rings. The molecule has 344 valence electrons. The third-order valence-electron chi connectivity index (χ3n) is 12.9. The summed E-state index contributed by atoms with van der Waals surface area (Å²) in [5.74, 6) is 1.45. The summed E-state index contributed by atoms with van der Waals surface area (Å²) in [4.78, 5) is 4.86. The molecule has 71 heavy (non-hydrogen) atoms. The van der Waals surface area contributed by atoms with E-state index in [0.29, 0.717) is 43.0 Å². The van der Waals surface area contributed by atoms with Gasteiger partial charge in [0.15, 0.2) is 0 Å². The Kier molecular flexibility index (Phi) is 7.95. The maximum atomic E-state index is 9.30. The molecule has 0 amide bonds. The summed E-state index contributed by atoms with van der Waals surface area (Å²) in [6.07, 6.45) is 1.83. The number of imidazole rings is 1. The van der Waals surface area contributed by atoms with Crippen LogP contribution in [0.1, 0.15) is 40.0 Å². The molecule has 0 spiro atoms. The van der Waals surface area contributed by atoms with Crippen molar-refractivity contribution in [3.63, 3.8) is 0 Å². The Morgan fingerprint density at radius 1 is 0.563 bits per heavy atom. The number of aromatic nitrogens is 4. The number of ether oxygens (including phenoxy) is 1. The number of benzene rings is 9. The third kappa shape index (κ3) is 7.20. The van der Waals surface area contributed by atoms with Gasteiger partial charge in [0, 0.05) is 6.20 Å². The minimum absolute atomic E-state index is 0.132. The summed E-state index contributed by atoms with van der Waals surface area (Å²) in [5.41, 5.74) is 7.16. The van der Waals surface area contributed by atoms with Crippen LogP contribution in [0.15, 0.2) is 217 Å². The van der Waals surface area contributed by atoms with Gasteiger partial charge >= 0.3 is 381 Å². The van der Waals surface area contributed by atoms with E-state index in [4.69, 9.17) is 22.4 Å². The van der Waals surface area contributed by atoms with Crippen LogP contribution < -0.4 is 4.74 Å². The molecule has 0 bridgehead atoms. The molecular formula is C64H44N4O2Pt-2. The van der Waals surface area contributed by atoms with E-state index in [1.807, 2.05) is 118 Å². The van der Waals surface area contributed by atoms with Crippen molar-refractivity contribution in [1.82, 2.24) is 18.5 Å². The fourth-order valence-corrected chi connectivity index (χ4v) is 10.7. The van der Waals surface area contributed by atoms with Gasteiger partial charge < -0.3 is 0 Å². The molecule has 0 saturated heterocycles. The molecule has 0 radical (unpaired) electrons. The number of hydrogen-bond donors (Lipinski definition) is 0. The predicted molar refractivity (Wildman–Crippen MR) is 285 cm³/mol. The Morgan fingerprint density at radius 2 is 1.18 bits per heavy atom. The van der Waals surface area contributed by atoms with E-state index in [1.165, 1.54) is 0 Å². The third-order valence-corrected chi connectivity index (χ3v) is 13.9. The van der Waals surface area contributed by atoms with Gasteiger partial charge in [0.2, 0.25) is 0 Å². The molecule has 0 unspecified atom stereocenters. The van der Waals surface area contributed by atoms with Crippen LogP contribution in [0.4, 0.5) is 0 Å². The first kappa shape index (κ1) is 33.3. The first-order chi connectivity index (χ1) is 38.9. The van der Waals surface area contributed by atoms with Crippen molar-refractivity contribution in [3.8, 4) is 56.4 Å². The summed E-state index contributed by atoms with van der Waals surface area (Å²) in [7, 11) is 0. The average Bonchev–Trinajstić information content (AvgIpc) is 3.83. The van der Waals surface area contributed by atoms with Crippen molar-refractivity contribution in [2.75, 3.05) is 0 Å². The Labute approximate surface area is 435 Å². The molecule has 4 heterocycles.